The molecule has 1 aromatic heterocycles. The molecule has 1 saturated heterocycles. The van der Waals surface area contributed by atoms with Crippen molar-refractivity contribution in [3.8, 4) is 11.4 Å². The molecule has 0 spiro atoms. The molecule has 2 heterocycles. The quantitative estimate of drug-likeness (QED) is 0.234. The van der Waals surface area contributed by atoms with E-state index in [2.05, 4.69) is 16.3 Å². The minimum absolute atomic E-state index is 0.0315. The summed E-state index contributed by atoms with van der Waals surface area (Å²) >= 11 is 0. The molecule has 0 radical (unpaired) electrons. The van der Waals surface area contributed by atoms with E-state index in [1.807, 2.05) is 4.90 Å². The molecule has 12 heteroatoms. The third-order valence-electron chi connectivity index (χ3n) is 7.08. The van der Waals surface area contributed by atoms with Crippen molar-refractivity contribution in [2.24, 2.45) is 0 Å². The molecule has 1 aliphatic heterocycles. The lowest BCUT2D eigenvalue weighted by Gasteiger charge is -2.34. The fourth-order valence-electron chi connectivity index (χ4n) is 5.35. The number of piperazine rings is 1. The number of ether oxygens (including phenoxy) is 1. The maximum absolute atomic E-state index is 13.9. The molecule has 0 bridgehead atoms. The second-order valence-corrected chi connectivity index (χ2v) is 11.3. The number of quaternary nitrogens is 1. The molecule has 1 saturated carbocycles. The van der Waals surface area contributed by atoms with Crippen molar-refractivity contribution >= 4 is 33.4 Å². The van der Waals surface area contributed by atoms with Crippen LogP contribution in [0.25, 0.3) is 5.69 Å². The molecule has 1 unspecified atom stereocenters. The SMILES string of the molecule is C=[S-](=O)CC(C(C)=N)=C(C(C)=[NH2+])C1CN(c2cnn(-c3cc(F)cc(F)c3)c(=O)c2OC2CCCC2)CC[NH2+]1. The van der Waals surface area contributed by atoms with Crippen LogP contribution in [0.4, 0.5) is 14.5 Å². The number of nitrogens with two attached hydrogens (primary N) is 2. The van der Waals surface area contributed by atoms with Gasteiger partial charge in [-0.1, -0.05) is 5.75 Å². The zero-order valence-corrected chi connectivity index (χ0v) is 23.0. The summed E-state index contributed by atoms with van der Waals surface area (Å²) in [6, 6.07) is 2.63. The number of nitrogens with one attached hydrogen (secondary N) is 1. The Morgan fingerprint density at radius 1 is 1.26 bits per heavy atom. The van der Waals surface area contributed by atoms with Gasteiger partial charge in [-0.15, -0.1) is 0 Å². The van der Waals surface area contributed by atoms with Gasteiger partial charge in [-0.25, -0.2) is 8.78 Å². The first kappa shape index (κ1) is 28.6. The molecule has 1 aromatic carbocycles. The Bertz CT molecular complexity index is 1420. The van der Waals surface area contributed by atoms with Crippen LogP contribution < -0.4 is 25.9 Å². The van der Waals surface area contributed by atoms with E-state index < -0.39 is 27.6 Å². The Balaban J connectivity index is 1.77. The highest BCUT2D eigenvalue weighted by molar-refractivity contribution is 7.82. The Morgan fingerprint density at radius 3 is 2.51 bits per heavy atom. The fraction of sp³-hybridized carbons (Fsp3) is 0.444. The number of aromatic nitrogens is 2. The van der Waals surface area contributed by atoms with Gasteiger partial charge in [0.15, 0.2) is 5.71 Å². The summed E-state index contributed by atoms with van der Waals surface area (Å²) in [7, 11) is -1.41. The molecular formula is C27H35F2N6O3S+. The van der Waals surface area contributed by atoms with E-state index in [1.54, 1.807) is 13.8 Å². The lowest BCUT2D eigenvalue weighted by Crippen LogP contribution is -2.96. The first-order valence-corrected chi connectivity index (χ1v) is 14.4. The molecule has 2 aromatic rings. The first-order chi connectivity index (χ1) is 18.5. The van der Waals surface area contributed by atoms with E-state index in [4.69, 9.17) is 15.6 Å². The summed E-state index contributed by atoms with van der Waals surface area (Å²) in [6.45, 7) is 5.05. The average Bonchev–Trinajstić information content (AvgIpc) is 3.37. The summed E-state index contributed by atoms with van der Waals surface area (Å²) in [6.07, 6.45) is 4.96. The average molecular weight is 562 g/mol. The van der Waals surface area contributed by atoms with Gasteiger partial charge in [0.2, 0.25) is 5.75 Å². The van der Waals surface area contributed by atoms with Crippen LogP contribution >= 0.6 is 0 Å². The van der Waals surface area contributed by atoms with Gasteiger partial charge in [-0.05, 0) is 50.3 Å². The molecule has 39 heavy (non-hydrogen) atoms. The van der Waals surface area contributed by atoms with Crippen LogP contribution in [0.15, 0.2) is 40.3 Å². The molecule has 210 valence electrons. The Morgan fingerprint density at radius 2 is 1.92 bits per heavy atom. The maximum atomic E-state index is 13.9. The highest BCUT2D eigenvalue weighted by Crippen LogP contribution is 2.30. The first-order valence-electron chi connectivity index (χ1n) is 12.9. The van der Waals surface area contributed by atoms with Crippen molar-refractivity contribution in [3.63, 3.8) is 0 Å². The number of halogens is 2. The van der Waals surface area contributed by atoms with Crippen LogP contribution in [0.5, 0.6) is 5.75 Å². The van der Waals surface area contributed by atoms with Crippen molar-refractivity contribution in [3.05, 3.63) is 57.5 Å². The molecule has 2 fully saturated rings. The highest BCUT2D eigenvalue weighted by atomic mass is 32.2. The van der Waals surface area contributed by atoms with Crippen molar-refractivity contribution in [1.29, 1.82) is 5.41 Å². The van der Waals surface area contributed by atoms with E-state index in [9.17, 15) is 17.8 Å². The fourth-order valence-corrected chi connectivity index (χ4v) is 6.04. The summed E-state index contributed by atoms with van der Waals surface area (Å²) < 4.78 is 47.1. The zero-order valence-electron chi connectivity index (χ0n) is 22.2. The van der Waals surface area contributed by atoms with Crippen LogP contribution in [-0.2, 0) is 14.6 Å². The van der Waals surface area contributed by atoms with Crippen molar-refractivity contribution in [2.75, 3.05) is 30.3 Å². The van der Waals surface area contributed by atoms with E-state index in [0.717, 1.165) is 54.1 Å². The van der Waals surface area contributed by atoms with E-state index in [-0.39, 0.29) is 35.0 Å². The van der Waals surface area contributed by atoms with Gasteiger partial charge < -0.3 is 24.6 Å². The summed E-state index contributed by atoms with van der Waals surface area (Å²) in [4.78, 5) is 15.7. The minimum Gasteiger partial charge on any atom is -0.483 e. The van der Waals surface area contributed by atoms with Crippen molar-refractivity contribution < 1.29 is 28.5 Å². The molecule has 4 rings (SSSR count). The Hall–Kier alpha value is -3.38. The summed E-state index contributed by atoms with van der Waals surface area (Å²) in [5, 5.41) is 20.9. The van der Waals surface area contributed by atoms with Crippen LogP contribution in [0, 0.1) is 17.0 Å². The smallest absolute Gasteiger partial charge is 0.316 e. The van der Waals surface area contributed by atoms with Crippen LogP contribution in [-0.4, -0.2) is 64.6 Å². The van der Waals surface area contributed by atoms with E-state index >= 15 is 0 Å². The van der Waals surface area contributed by atoms with Gasteiger partial charge in [0.25, 0.3) is 0 Å². The van der Waals surface area contributed by atoms with Crippen molar-refractivity contribution in [2.45, 2.75) is 51.7 Å². The van der Waals surface area contributed by atoms with Gasteiger partial charge in [0, 0.05) is 18.7 Å². The molecule has 2 aliphatic rings. The predicted octanol–water partition coefficient (Wildman–Crippen LogP) is 0.536. The van der Waals surface area contributed by atoms with Gasteiger partial charge in [0.05, 0.1) is 43.2 Å². The molecule has 9 nitrogen and oxygen atoms in total. The van der Waals surface area contributed by atoms with E-state index in [0.29, 0.717) is 36.6 Å². The van der Waals surface area contributed by atoms with Gasteiger partial charge in [-0.2, -0.15) is 15.7 Å². The highest BCUT2D eigenvalue weighted by Gasteiger charge is 2.34. The molecule has 1 aliphatic carbocycles. The maximum Gasteiger partial charge on any atom is 0.316 e. The Labute approximate surface area is 227 Å². The topological polar surface area (TPSA) is 130 Å². The largest absolute Gasteiger partial charge is 0.483 e. The lowest BCUT2D eigenvalue weighted by atomic mass is 9.93. The number of anilines is 1. The van der Waals surface area contributed by atoms with Gasteiger partial charge in [-0.3, -0.25) is 20.6 Å². The van der Waals surface area contributed by atoms with Gasteiger partial charge in [0.1, 0.15) is 23.4 Å². The number of benzene rings is 1. The summed E-state index contributed by atoms with van der Waals surface area (Å²) in [5.74, 6) is 2.15. The van der Waals surface area contributed by atoms with Gasteiger partial charge >= 0.3 is 5.56 Å². The predicted molar refractivity (Wildman–Crippen MR) is 148 cm³/mol. The standard InChI is InChI=1S/C27H33F2N6O3S/c1-16(30)22(15-39(3)37)25(17(2)31)23-14-34(9-8-32-23)24-13-33-35(20-11-18(28)10-19(29)12-20)27(36)26(24)38-21-6-4-5-7-21/h10-13,21,23,30-32H,3-9,14-15H2,1-2H3/q-1/p+2. The number of hydrogen-bond donors (Lipinski definition) is 3. The van der Waals surface area contributed by atoms with Crippen LogP contribution in [0.1, 0.15) is 39.5 Å². The second kappa shape index (κ2) is 12.2. The minimum atomic E-state index is -1.41. The lowest BCUT2D eigenvalue weighted by molar-refractivity contribution is -0.681. The second-order valence-electron chi connectivity index (χ2n) is 10.1. The monoisotopic (exact) mass is 561 g/mol. The molecular weight excluding hydrogens is 526 g/mol. The molecule has 1 atom stereocenters. The third kappa shape index (κ3) is 6.62. The normalized spacial score (nSPS) is 18.8. The number of nitrogens with zero attached hydrogens (tertiary/aromatic N) is 3. The molecule has 5 N–H and O–H groups in total. The van der Waals surface area contributed by atoms with Crippen molar-refractivity contribution in [1.82, 2.24) is 9.78 Å². The number of hydrogen-bond acceptors (Lipinski definition) is 7. The third-order valence-corrected chi connectivity index (χ3v) is 7.69. The number of rotatable bonds is 9. The van der Waals surface area contributed by atoms with Crippen LogP contribution in [0.2, 0.25) is 0 Å². The molecule has 0 amide bonds. The zero-order chi connectivity index (χ0) is 28.3. The van der Waals surface area contributed by atoms with E-state index in [1.165, 1.54) is 6.20 Å². The van der Waals surface area contributed by atoms with Crippen LogP contribution in [0.3, 0.4) is 0 Å². The summed E-state index contributed by atoms with van der Waals surface area (Å²) in [5.41, 5.74) is 1.98. The Kier molecular flexibility index (Phi) is 8.96.